The van der Waals surface area contributed by atoms with Crippen LogP contribution in [0.1, 0.15) is 24.0 Å². The fourth-order valence-corrected chi connectivity index (χ4v) is 4.01. The van der Waals surface area contributed by atoms with E-state index in [4.69, 9.17) is 0 Å². The van der Waals surface area contributed by atoms with Crippen LogP contribution in [-0.4, -0.2) is 35.0 Å². The molecule has 1 heterocycles. The number of rotatable bonds is 8. The van der Waals surface area contributed by atoms with Crippen molar-refractivity contribution in [3.8, 4) is 0 Å². The number of para-hydroxylation sites is 1. The molecule has 0 aromatic heterocycles. The van der Waals surface area contributed by atoms with Gasteiger partial charge in [0.05, 0.1) is 5.75 Å². The van der Waals surface area contributed by atoms with E-state index >= 15 is 0 Å². The van der Waals surface area contributed by atoms with Crippen LogP contribution in [-0.2, 0) is 20.9 Å². The summed E-state index contributed by atoms with van der Waals surface area (Å²) in [5, 5.41) is 11.8. The van der Waals surface area contributed by atoms with Crippen molar-refractivity contribution in [3.05, 3.63) is 65.7 Å². The number of hydrogen-bond donors (Lipinski definition) is 4. The second-order valence-corrected chi connectivity index (χ2v) is 8.25. The molecule has 2 aromatic carbocycles. The molecule has 30 heavy (non-hydrogen) atoms. The maximum absolute atomic E-state index is 12.2. The summed E-state index contributed by atoms with van der Waals surface area (Å²) in [6.45, 7) is 2.38. The first kappa shape index (κ1) is 21.9. The van der Waals surface area contributed by atoms with E-state index in [0.29, 0.717) is 6.54 Å². The predicted octanol–water partition coefficient (Wildman–Crippen LogP) is 2.13. The standard InChI is InChI=1S/C22H26N4O3S/c1-15-7-5-6-10-18(15)25-21(29)14-30-22-24-17(12-20(28)26-22)11-19(27)23-13-16-8-3-2-4-9-16/h2-10,17,22,24H,11-14H2,1H3,(H,23,27)(H,25,29)(H,26,28). The number of thioether (sulfide) groups is 1. The molecule has 3 rings (SSSR count). The van der Waals surface area contributed by atoms with E-state index in [-0.39, 0.29) is 42.4 Å². The molecule has 1 fully saturated rings. The van der Waals surface area contributed by atoms with Crippen molar-refractivity contribution in [1.29, 1.82) is 0 Å². The molecule has 3 amide bonds. The van der Waals surface area contributed by atoms with E-state index in [2.05, 4.69) is 21.3 Å². The normalized spacial score (nSPS) is 18.4. The highest BCUT2D eigenvalue weighted by Gasteiger charge is 2.28. The highest BCUT2D eigenvalue weighted by Crippen LogP contribution is 2.17. The number of amides is 3. The molecule has 0 radical (unpaired) electrons. The van der Waals surface area contributed by atoms with Gasteiger partial charge in [-0.3, -0.25) is 19.7 Å². The maximum atomic E-state index is 12.2. The molecule has 0 spiro atoms. The summed E-state index contributed by atoms with van der Waals surface area (Å²) < 4.78 is 0. The number of carbonyl (C=O) groups is 3. The summed E-state index contributed by atoms with van der Waals surface area (Å²) >= 11 is 1.29. The minimum atomic E-state index is -0.416. The van der Waals surface area contributed by atoms with Crippen LogP contribution in [0.25, 0.3) is 0 Å². The van der Waals surface area contributed by atoms with E-state index in [1.54, 1.807) is 0 Å². The van der Waals surface area contributed by atoms with Crippen molar-refractivity contribution in [2.45, 2.75) is 37.8 Å². The number of nitrogens with one attached hydrogen (secondary N) is 4. The van der Waals surface area contributed by atoms with Gasteiger partial charge in [0.25, 0.3) is 0 Å². The molecule has 8 heteroatoms. The molecular weight excluding hydrogens is 400 g/mol. The average molecular weight is 427 g/mol. The van der Waals surface area contributed by atoms with E-state index in [1.165, 1.54) is 11.8 Å². The Bertz CT molecular complexity index is 891. The molecule has 1 aliphatic heterocycles. The van der Waals surface area contributed by atoms with Crippen LogP contribution < -0.4 is 21.3 Å². The molecule has 7 nitrogen and oxygen atoms in total. The molecular formula is C22H26N4O3S. The largest absolute Gasteiger partial charge is 0.352 e. The van der Waals surface area contributed by atoms with Gasteiger partial charge in [0.1, 0.15) is 5.50 Å². The number of anilines is 1. The summed E-state index contributed by atoms with van der Waals surface area (Å²) in [5.74, 6) is -0.217. The zero-order chi connectivity index (χ0) is 21.3. The van der Waals surface area contributed by atoms with Crippen molar-refractivity contribution in [3.63, 3.8) is 0 Å². The highest BCUT2D eigenvalue weighted by molar-refractivity contribution is 8.00. The quantitative estimate of drug-likeness (QED) is 0.518. The minimum Gasteiger partial charge on any atom is -0.352 e. The summed E-state index contributed by atoms with van der Waals surface area (Å²) in [7, 11) is 0. The fourth-order valence-electron chi connectivity index (χ4n) is 3.12. The monoisotopic (exact) mass is 426 g/mol. The fraction of sp³-hybridized carbons (Fsp3) is 0.318. The van der Waals surface area contributed by atoms with Gasteiger partial charge >= 0.3 is 0 Å². The Labute approximate surface area is 180 Å². The smallest absolute Gasteiger partial charge is 0.234 e. The van der Waals surface area contributed by atoms with Crippen LogP contribution in [0.4, 0.5) is 5.69 Å². The topological polar surface area (TPSA) is 99.3 Å². The molecule has 1 saturated heterocycles. The van der Waals surface area contributed by atoms with Gasteiger partial charge < -0.3 is 16.0 Å². The van der Waals surface area contributed by atoms with Crippen LogP contribution in [0.3, 0.4) is 0 Å². The molecule has 1 aliphatic rings. The van der Waals surface area contributed by atoms with Gasteiger partial charge in [-0.15, -0.1) is 11.8 Å². The zero-order valence-corrected chi connectivity index (χ0v) is 17.6. The summed E-state index contributed by atoms with van der Waals surface area (Å²) in [6, 6.07) is 17.0. The lowest BCUT2D eigenvalue weighted by atomic mass is 10.1. The lowest BCUT2D eigenvalue weighted by Crippen LogP contribution is -2.56. The molecule has 0 bridgehead atoms. The number of aryl methyl sites for hydroxylation is 1. The second-order valence-electron chi connectivity index (χ2n) is 7.16. The lowest BCUT2D eigenvalue weighted by molar-refractivity contribution is -0.125. The maximum Gasteiger partial charge on any atom is 0.234 e. The third kappa shape index (κ3) is 6.89. The van der Waals surface area contributed by atoms with Crippen LogP contribution in [0.2, 0.25) is 0 Å². The highest BCUT2D eigenvalue weighted by atomic mass is 32.2. The number of benzene rings is 2. The van der Waals surface area contributed by atoms with Gasteiger partial charge in [-0.05, 0) is 24.1 Å². The molecule has 4 N–H and O–H groups in total. The van der Waals surface area contributed by atoms with Gasteiger partial charge in [-0.1, -0.05) is 48.5 Å². The van der Waals surface area contributed by atoms with Crippen molar-refractivity contribution in [2.24, 2.45) is 0 Å². The number of hydrogen-bond acceptors (Lipinski definition) is 5. The van der Waals surface area contributed by atoms with Gasteiger partial charge in [0.2, 0.25) is 17.7 Å². The van der Waals surface area contributed by atoms with E-state index in [1.807, 2.05) is 61.5 Å². The molecule has 2 unspecified atom stereocenters. The Morgan fingerprint density at radius 1 is 1.07 bits per heavy atom. The van der Waals surface area contributed by atoms with Crippen LogP contribution >= 0.6 is 11.8 Å². The van der Waals surface area contributed by atoms with Gasteiger partial charge in [-0.2, -0.15) is 0 Å². The minimum absolute atomic E-state index is 0.118. The molecule has 2 atom stereocenters. The van der Waals surface area contributed by atoms with E-state index in [9.17, 15) is 14.4 Å². The van der Waals surface area contributed by atoms with Crippen molar-refractivity contribution >= 4 is 35.2 Å². The summed E-state index contributed by atoms with van der Waals surface area (Å²) in [5.41, 5.74) is 2.37. The first-order valence-electron chi connectivity index (χ1n) is 9.83. The first-order chi connectivity index (χ1) is 14.5. The Morgan fingerprint density at radius 2 is 1.80 bits per heavy atom. The lowest BCUT2D eigenvalue weighted by Gasteiger charge is -2.30. The predicted molar refractivity (Wildman–Crippen MR) is 119 cm³/mol. The summed E-state index contributed by atoms with van der Waals surface area (Å²) in [6.07, 6.45) is 0.429. The summed E-state index contributed by atoms with van der Waals surface area (Å²) in [4.78, 5) is 36.5. The SMILES string of the molecule is Cc1ccccc1NC(=O)CSC1NC(=O)CC(CC(=O)NCc2ccccc2)N1. The Hall–Kier alpha value is -2.84. The molecule has 0 aliphatic carbocycles. The van der Waals surface area contributed by atoms with Crippen LogP contribution in [0.15, 0.2) is 54.6 Å². The third-order valence-corrected chi connectivity index (χ3v) is 5.69. The molecule has 2 aromatic rings. The van der Waals surface area contributed by atoms with Crippen molar-refractivity contribution < 1.29 is 14.4 Å². The van der Waals surface area contributed by atoms with Crippen molar-refractivity contribution in [1.82, 2.24) is 16.0 Å². The van der Waals surface area contributed by atoms with E-state index in [0.717, 1.165) is 16.8 Å². The van der Waals surface area contributed by atoms with Crippen LogP contribution in [0, 0.1) is 6.92 Å². The second kappa shape index (κ2) is 10.8. The van der Waals surface area contributed by atoms with Crippen LogP contribution in [0.5, 0.6) is 0 Å². The molecule has 0 saturated carbocycles. The van der Waals surface area contributed by atoms with E-state index < -0.39 is 5.50 Å². The third-order valence-electron chi connectivity index (χ3n) is 4.68. The Morgan fingerprint density at radius 3 is 2.57 bits per heavy atom. The van der Waals surface area contributed by atoms with Gasteiger partial charge in [0, 0.05) is 31.1 Å². The molecule has 158 valence electrons. The number of carbonyl (C=O) groups excluding carboxylic acids is 3. The Kier molecular flexibility index (Phi) is 7.87. The van der Waals surface area contributed by atoms with Crippen molar-refractivity contribution in [2.75, 3.05) is 11.1 Å². The Balaban J connectivity index is 1.43. The average Bonchev–Trinajstić information content (AvgIpc) is 2.73. The van der Waals surface area contributed by atoms with Gasteiger partial charge in [-0.25, -0.2) is 0 Å². The first-order valence-corrected chi connectivity index (χ1v) is 10.9. The zero-order valence-electron chi connectivity index (χ0n) is 16.8. The van der Waals surface area contributed by atoms with Gasteiger partial charge in [0.15, 0.2) is 0 Å².